The quantitative estimate of drug-likeness (QED) is 0.476. The molecule has 0 unspecified atom stereocenters. The van der Waals surface area contributed by atoms with Crippen LogP contribution < -0.4 is 9.64 Å². The first-order valence-electron chi connectivity index (χ1n) is 11.5. The number of benzene rings is 2. The zero-order chi connectivity index (χ0) is 23.3. The molecule has 1 aromatic heterocycles. The molecule has 6 nitrogen and oxygen atoms in total. The number of ether oxygens (including phenoxy) is 1. The van der Waals surface area contributed by atoms with Gasteiger partial charge in [-0.05, 0) is 66.1 Å². The second kappa shape index (κ2) is 10.3. The predicted octanol–water partition coefficient (Wildman–Crippen LogP) is 4.80. The Hall–Kier alpha value is -2.93. The Morgan fingerprint density at radius 3 is 2.06 bits per heavy atom. The van der Waals surface area contributed by atoms with E-state index in [4.69, 9.17) is 4.74 Å². The summed E-state index contributed by atoms with van der Waals surface area (Å²) in [5.41, 5.74) is 3.20. The van der Waals surface area contributed by atoms with Crippen molar-refractivity contribution in [3.05, 3.63) is 66.5 Å². The SMILES string of the molecule is CCCc1cnc(N2CCC(COc3ccc(-c4ccc(S(C)(=O)=O)cc4)cc3)CC2)nc1. The third kappa shape index (κ3) is 6.11. The van der Waals surface area contributed by atoms with E-state index in [9.17, 15) is 8.42 Å². The van der Waals surface area contributed by atoms with Gasteiger partial charge in [0.05, 0.1) is 11.5 Å². The van der Waals surface area contributed by atoms with Crippen LogP contribution in [0.3, 0.4) is 0 Å². The van der Waals surface area contributed by atoms with Crippen molar-refractivity contribution in [3.8, 4) is 16.9 Å². The molecule has 2 heterocycles. The summed E-state index contributed by atoms with van der Waals surface area (Å²) in [7, 11) is -3.18. The van der Waals surface area contributed by atoms with Crippen LogP contribution in [-0.4, -0.2) is 44.3 Å². The van der Waals surface area contributed by atoms with Crippen LogP contribution in [0, 0.1) is 5.92 Å². The minimum atomic E-state index is -3.18. The highest BCUT2D eigenvalue weighted by atomic mass is 32.2. The average Bonchev–Trinajstić information content (AvgIpc) is 2.84. The van der Waals surface area contributed by atoms with Crippen molar-refractivity contribution < 1.29 is 13.2 Å². The largest absolute Gasteiger partial charge is 0.493 e. The predicted molar refractivity (Wildman–Crippen MR) is 131 cm³/mol. The van der Waals surface area contributed by atoms with Gasteiger partial charge in [-0.15, -0.1) is 0 Å². The van der Waals surface area contributed by atoms with Crippen LogP contribution in [0.2, 0.25) is 0 Å². The highest BCUT2D eigenvalue weighted by Crippen LogP contribution is 2.26. The molecule has 0 bridgehead atoms. The summed E-state index contributed by atoms with van der Waals surface area (Å²) in [6, 6.07) is 14.9. The van der Waals surface area contributed by atoms with E-state index in [2.05, 4.69) is 21.8 Å². The molecular weight excluding hydrogens is 434 g/mol. The summed E-state index contributed by atoms with van der Waals surface area (Å²) in [4.78, 5) is 11.7. The van der Waals surface area contributed by atoms with Crippen LogP contribution in [0.25, 0.3) is 11.1 Å². The van der Waals surface area contributed by atoms with Crippen LogP contribution in [0.1, 0.15) is 31.7 Å². The van der Waals surface area contributed by atoms with Crippen molar-refractivity contribution in [1.29, 1.82) is 0 Å². The molecule has 0 N–H and O–H groups in total. The molecule has 0 atom stereocenters. The maximum Gasteiger partial charge on any atom is 0.225 e. The summed E-state index contributed by atoms with van der Waals surface area (Å²) in [5.74, 6) is 2.20. The number of piperidine rings is 1. The first-order valence-corrected chi connectivity index (χ1v) is 13.4. The second-order valence-electron chi connectivity index (χ2n) is 8.70. The normalized spacial score (nSPS) is 14.9. The fourth-order valence-corrected chi connectivity index (χ4v) is 4.71. The fourth-order valence-electron chi connectivity index (χ4n) is 4.08. The van der Waals surface area contributed by atoms with Crippen molar-refractivity contribution in [3.63, 3.8) is 0 Å². The Morgan fingerprint density at radius 2 is 1.52 bits per heavy atom. The molecule has 4 rings (SSSR count). The van der Waals surface area contributed by atoms with Crippen LogP contribution in [0.15, 0.2) is 65.8 Å². The lowest BCUT2D eigenvalue weighted by Crippen LogP contribution is -2.36. The number of aryl methyl sites for hydroxylation is 1. The van der Waals surface area contributed by atoms with E-state index < -0.39 is 9.84 Å². The lowest BCUT2D eigenvalue weighted by Gasteiger charge is -2.31. The van der Waals surface area contributed by atoms with Gasteiger partial charge in [-0.25, -0.2) is 18.4 Å². The zero-order valence-corrected chi connectivity index (χ0v) is 20.1. The van der Waals surface area contributed by atoms with Gasteiger partial charge in [0, 0.05) is 31.7 Å². The molecule has 0 aliphatic carbocycles. The summed E-state index contributed by atoms with van der Waals surface area (Å²) in [6.07, 6.45) is 9.37. The first-order chi connectivity index (χ1) is 15.9. The molecule has 1 aliphatic heterocycles. The third-order valence-corrected chi connectivity index (χ3v) is 7.21. The van der Waals surface area contributed by atoms with Crippen molar-refractivity contribution >= 4 is 15.8 Å². The van der Waals surface area contributed by atoms with Gasteiger partial charge in [-0.1, -0.05) is 37.6 Å². The minimum Gasteiger partial charge on any atom is -0.493 e. The van der Waals surface area contributed by atoms with Crippen LogP contribution in [0.5, 0.6) is 5.75 Å². The lowest BCUT2D eigenvalue weighted by molar-refractivity contribution is 0.222. The van der Waals surface area contributed by atoms with Gasteiger partial charge in [0.25, 0.3) is 0 Å². The van der Waals surface area contributed by atoms with Gasteiger partial charge in [-0.2, -0.15) is 0 Å². The zero-order valence-electron chi connectivity index (χ0n) is 19.3. The van der Waals surface area contributed by atoms with Gasteiger partial charge in [-0.3, -0.25) is 0 Å². The molecule has 1 fully saturated rings. The highest BCUT2D eigenvalue weighted by molar-refractivity contribution is 7.90. The summed E-state index contributed by atoms with van der Waals surface area (Å²) in [5, 5.41) is 0. The molecule has 0 spiro atoms. The number of rotatable bonds is 8. The van der Waals surface area contributed by atoms with Crippen LogP contribution in [-0.2, 0) is 16.3 Å². The standard InChI is InChI=1S/C26H31N3O3S/c1-3-4-21-17-27-26(28-18-21)29-15-13-20(14-16-29)19-32-24-9-5-22(6-10-24)23-7-11-25(12-8-23)33(2,30)31/h5-12,17-18,20H,3-4,13-16,19H2,1-2H3. The van der Waals surface area contributed by atoms with E-state index >= 15 is 0 Å². The third-order valence-electron chi connectivity index (χ3n) is 6.08. The Balaban J connectivity index is 1.26. The molecule has 174 valence electrons. The topological polar surface area (TPSA) is 72.4 Å². The van der Waals surface area contributed by atoms with Gasteiger partial charge in [0.2, 0.25) is 5.95 Å². The van der Waals surface area contributed by atoms with E-state index in [0.29, 0.717) is 17.4 Å². The Morgan fingerprint density at radius 1 is 0.939 bits per heavy atom. The van der Waals surface area contributed by atoms with Crippen molar-refractivity contribution in [2.75, 3.05) is 30.9 Å². The number of aromatic nitrogens is 2. The van der Waals surface area contributed by atoms with Gasteiger partial charge in [0.15, 0.2) is 9.84 Å². The van der Waals surface area contributed by atoms with E-state index in [1.54, 1.807) is 12.1 Å². The Kier molecular flexibility index (Phi) is 7.28. The molecule has 0 radical (unpaired) electrons. The van der Waals surface area contributed by atoms with E-state index in [0.717, 1.165) is 61.6 Å². The molecule has 2 aromatic carbocycles. The first kappa shape index (κ1) is 23.2. The number of sulfone groups is 1. The molecule has 0 amide bonds. The number of hydrogen-bond acceptors (Lipinski definition) is 6. The van der Waals surface area contributed by atoms with Crippen molar-refractivity contribution in [1.82, 2.24) is 9.97 Å². The van der Waals surface area contributed by atoms with E-state index in [1.165, 1.54) is 11.8 Å². The summed E-state index contributed by atoms with van der Waals surface area (Å²) >= 11 is 0. The Bertz CT molecular complexity index is 1140. The summed E-state index contributed by atoms with van der Waals surface area (Å²) in [6.45, 7) is 4.76. The van der Waals surface area contributed by atoms with Gasteiger partial charge in [0.1, 0.15) is 5.75 Å². The average molecular weight is 466 g/mol. The lowest BCUT2D eigenvalue weighted by atomic mass is 9.98. The smallest absolute Gasteiger partial charge is 0.225 e. The maximum absolute atomic E-state index is 11.6. The molecule has 3 aromatic rings. The second-order valence-corrected chi connectivity index (χ2v) is 10.7. The minimum absolute atomic E-state index is 0.331. The number of anilines is 1. The summed E-state index contributed by atoms with van der Waals surface area (Å²) < 4.78 is 29.3. The number of hydrogen-bond donors (Lipinski definition) is 0. The van der Waals surface area contributed by atoms with Gasteiger partial charge >= 0.3 is 0 Å². The van der Waals surface area contributed by atoms with Crippen molar-refractivity contribution in [2.24, 2.45) is 5.92 Å². The monoisotopic (exact) mass is 465 g/mol. The van der Waals surface area contributed by atoms with Crippen LogP contribution in [0.4, 0.5) is 5.95 Å². The highest BCUT2D eigenvalue weighted by Gasteiger charge is 2.21. The molecule has 33 heavy (non-hydrogen) atoms. The molecule has 1 aliphatic rings. The molecule has 1 saturated heterocycles. The van der Waals surface area contributed by atoms with Gasteiger partial charge < -0.3 is 9.64 Å². The molecule has 0 saturated carbocycles. The molecular formula is C26H31N3O3S. The molecule has 7 heteroatoms. The fraction of sp³-hybridized carbons (Fsp3) is 0.385. The van der Waals surface area contributed by atoms with E-state index in [1.807, 2.05) is 48.8 Å². The Labute approximate surface area is 196 Å². The number of nitrogens with zero attached hydrogens (tertiary/aromatic N) is 3. The maximum atomic E-state index is 11.6. The van der Waals surface area contributed by atoms with Crippen LogP contribution >= 0.6 is 0 Å². The van der Waals surface area contributed by atoms with E-state index in [-0.39, 0.29) is 0 Å². The van der Waals surface area contributed by atoms with Crippen molar-refractivity contribution in [2.45, 2.75) is 37.5 Å².